The Labute approximate surface area is 116 Å². The van der Waals surface area contributed by atoms with Crippen molar-refractivity contribution in [2.75, 3.05) is 5.75 Å². The summed E-state index contributed by atoms with van der Waals surface area (Å²) in [6.45, 7) is 6.98. The maximum Gasteiger partial charge on any atom is 0.157 e. The molecule has 3 heteroatoms. The summed E-state index contributed by atoms with van der Waals surface area (Å²) in [6, 6.07) is 1.19. The van der Waals surface area contributed by atoms with Crippen LogP contribution in [0.4, 0.5) is 0 Å². The molecule has 2 aliphatic rings. The van der Waals surface area contributed by atoms with Gasteiger partial charge in [0.05, 0.1) is 6.04 Å². The number of hydrogen-bond donors (Lipinski definition) is 1. The van der Waals surface area contributed by atoms with Crippen molar-refractivity contribution in [3.8, 4) is 0 Å². The molecule has 1 fully saturated rings. The van der Waals surface area contributed by atoms with Gasteiger partial charge >= 0.3 is 0 Å². The molecule has 0 aromatic heterocycles. The predicted octanol–water partition coefficient (Wildman–Crippen LogP) is 4.06. The molecule has 18 heavy (non-hydrogen) atoms. The minimum Gasteiger partial charge on any atom is -0.362 e. The summed E-state index contributed by atoms with van der Waals surface area (Å²) in [4.78, 5) is 4.91. The molecule has 2 nitrogen and oxygen atoms in total. The Bertz CT molecular complexity index is 288. The fourth-order valence-corrected chi connectivity index (χ4v) is 3.95. The molecule has 104 valence electrons. The summed E-state index contributed by atoms with van der Waals surface area (Å²) in [7, 11) is 0. The lowest BCUT2D eigenvalue weighted by Crippen LogP contribution is -2.39. The van der Waals surface area contributed by atoms with E-state index in [2.05, 4.69) is 26.1 Å². The third-order valence-corrected chi connectivity index (χ3v) is 5.31. The molecule has 0 spiro atoms. The van der Waals surface area contributed by atoms with Crippen LogP contribution in [0.25, 0.3) is 0 Å². The fourth-order valence-electron chi connectivity index (χ4n) is 2.96. The Morgan fingerprint density at radius 1 is 1.17 bits per heavy atom. The van der Waals surface area contributed by atoms with Crippen molar-refractivity contribution in [1.82, 2.24) is 5.32 Å². The molecule has 3 atom stereocenters. The summed E-state index contributed by atoms with van der Waals surface area (Å²) in [5, 5.41) is 4.97. The summed E-state index contributed by atoms with van der Waals surface area (Å²) in [6.07, 6.45) is 8.15. The van der Waals surface area contributed by atoms with E-state index in [0.29, 0.717) is 18.0 Å². The molecular formula is C15H28N2S. The van der Waals surface area contributed by atoms with Crippen molar-refractivity contribution >= 4 is 16.9 Å². The topological polar surface area (TPSA) is 24.4 Å². The van der Waals surface area contributed by atoms with E-state index >= 15 is 0 Å². The normalized spacial score (nSPS) is 34.0. The van der Waals surface area contributed by atoms with E-state index in [1.807, 2.05) is 11.8 Å². The van der Waals surface area contributed by atoms with Gasteiger partial charge in [0.15, 0.2) is 5.17 Å². The molecule has 1 aliphatic heterocycles. The second kappa shape index (κ2) is 6.83. The lowest BCUT2D eigenvalue weighted by atomic mass is 9.97. The van der Waals surface area contributed by atoms with Gasteiger partial charge in [-0.05, 0) is 31.1 Å². The highest BCUT2D eigenvalue weighted by Gasteiger charge is 2.24. The molecule has 1 saturated carbocycles. The van der Waals surface area contributed by atoms with E-state index in [1.54, 1.807) is 0 Å². The SMILES string of the molecule is CC(C)C1CCSC(NC2CCCCCC2C)=N1. The van der Waals surface area contributed by atoms with Crippen molar-refractivity contribution in [3.63, 3.8) is 0 Å². The highest BCUT2D eigenvalue weighted by Crippen LogP contribution is 2.26. The van der Waals surface area contributed by atoms with Crippen molar-refractivity contribution < 1.29 is 0 Å². The van der Waals surface area contributed by atoms with E-state index in [-0.39, 0.29) is 0 Å². The molecule has 0 amide bonds. The number of aliphatic imine (C=N–C) groups is 1. The molecule has 0 aromatic rings. The van der Waals surface area contributed by atoms with Crippen LogP contribution in [-0.2, 0) is 0 Å². The Morgan fingerprint density at radius 2 is 1.94 bits per heavy atom. The first-order valence-electron chi connectivity index (χ1n) is 7.64. The van der Waals surface area contributed by atoms with Gasteiger partial charge in [0.25, 0.3) is 0 Å². The van der Waals surface area contributed by atoms with Crippen LogP contribution in [0.5, 0.6) is 0 Å². The molecule has 0 bridgehead atoms. The van der Waals surface area contributed by atoms with Gasteiger partial charge in [-0.1, -0.05) is 51.8 Å². The minimum atomic E-state index is 0.537. The lowest BCUT2D eigenvalue weighted by Gasteiger charge is -2.28. The quantitative estimate of drug-likeness (QED) is 0.764. The van der Waals surface area contributed by atoms with Crippen LogP contribution in [0, 0.1) is 11.8 Å². The molecule has 2 rings (SSSR count). The highest BCUT2D eigenvalue weighted by atomic mass is 32.2. The lowest BCUT2D eigenvalue weighted by molar-refractivity contribution is 0.399. The van der Waals surface area contributed by atoms with Gasteiger partial charge in [0.1, 0.15) is 0 Å². The monoisotopic (exact) mass is 268 g/mol. The van der Waals surface area contributed by atoms with Crippen molar-refractivity contribution in [1.29, 1.82) is 0 Å². The van der Waals surface area contributed by atoms with Crippen molar-refractivity contribution in [2.45, 2.75) is 71.4 Å². The van der Waals surface area contributed by atoms with Crippen LogP contribution in [-0.4, -0.2) is 23.0 Å². The molecule has 0 aromatic carbocycles. The zero-order valence-corrected chi connectivity index (χ0v) is 12.9. The maximum absolute atomic E-state index is 4.91. The third-order valence-electron chi connectivity index (χ3n) is 4.38. The van der Waals surface area contributed by atoms with Crippen LogP contribution in [0.2, 0.25) is 0 Å². The summed E-state index contributed by atoms with van der Waals surface area (Å²) >= 11 is 1.93. The zero-order chi connectivity index (χ0) is 13.0. The van der Waals surface area contributed by atoms with Crippen molar-refractivity contribution in [2.24, 2.45) is 16.8 Å². The Kier molecular flexibility index (Phi) is 5.40. The number of nitrogens with zero attached hydrogens (tertiary/aromatic N) is 1. The van der Waals surface area contributed by atoms with Gasteiger partial charge < -0.3 is 5.32 Å². The average Bonchev–Trinajstić information content (AvgIpc) is 2.55. The van der Waals surface area contributed by atoms with Crippen LogP contribution in [0.3, 0.4) is 0 Å². The van der Waals surface area contributed by atoms with Gasteiger partial charge in [-0.2, -0.15) is 0 Å². The first-order valence-corrected chi connectivity index (χ1v) is 8.62. The van der Waals surface area contributed by atoms with Crippen LogP contribution in [0.1, 0.15) is 59.3 Å². The number of nitrogens with one attached hydrogen (secondary N) is 1. The third kappa shape index (κ3) is 3.91. The largest absolute Gasteiger partial charge is 0.362 e. The van der Waals surface area contributed by atoms with Gasteiger partial charge in [-0.25, -0.2) is 0 Å². The molecule has 1 N–H and O–H groups in total. The van der Waals surface area contributed by atoms with E-state index in [0.717, 1.165) is 5.92 Å². The highest BCUT2D eigenvalue weighted by molar-refractivity contribution is 8.13. The predicted molar refractivity (Wildman–Crippen MR) is 82.3 cm³/mol. The number of rotatable bonds is 2. The average molecular weight is 268 g/mol. The summed E-state index contributed by atoms with van der Waals surface area (Å²) in [5.74, 6) is 2.71. The van der Waals surface area contributed by atoms with Crippen LogP contribution in [0.15, 0.2) is 4.99 Å². The number of hydrogen-bond acceptors (Lipinski definition) is 3. The van der Waals surface area contributed by atoms with Gasteiger partial charge in [0, 0.05) is 11.8 Å². The minimum absolute atomic E-state index is 0.537. The van der Waals surface area contributed by atoms with Crippen LogP contribution >= 0.6 is 11.8 Å². The second-order valence-electron chi connectivity index (χ2n) is 6.25. The molecule has 1 aliphatic carbocycles. The summed E-state index contributed by atoms with van der Waals surface area (Å²) < 4.78 is 0. The molecule has 0 radical (unpaired) electrons. The fraction of sp³-hybridized carbons (Fsp3) is 0.933. The molecule has 3 unspecified atom stereocenters. The van der Waals surface area contributed by atoms with Gasteiger partial charge in [-0.15, -0.1) is 0 Å². The second-order valence-corrected chi connectivity index (χ2v) is 7.33. The van der Waals surface area contributed by atoms with Crippen LogP contribution < -0.4 is 5.32 Å². The first kappa shape index (κ1) is 14.2. The van der Waals surface area contributed by atoms with Gasteiger partial charge in [0.2, 0.25) is 0 Å². The standard InChI is InChI=1S/C15H28N2S/c1-11(2)13-9-10-18-15(16-13)17-14-8-6-4-5-7-12(14)3/h11-14H,4-10H2,1-3H3,(H,16,17). The smallest absolute Gasteiger partial charge is 0.157 e. The van der Waals surface area contributed by atoms with E-state index in [4.69, 9.17) is 4.99 Å². The van der Waals surface area contributed by atoms with E-state index < -0.39 is 0 Å². The Morgan fingerprint density at radius 3 is 2.72 bits per heavy atom. The van der Waals surface area contributed by atoms with Crippen molar-refractivity contribution in [3.05, 3.63) is 0 Å². The molecular weight excluding hydrogens is 240 g/mol. The molecule has 1 heterocycles. The Balaban J connectivity index is 1.94. The Hall–Kier alpha value is -0.180. The zero-order valence-electron chi connectivity index (χ0n) is 12.1. The maximum atomic E-state index is 4.91. The van der Waals surface area contributed by atoms with E-state index in [9.17, 15) is 0 Å². The number of amidine groups is 1. The van der Waals surface area contributed by atoms with Gasteiger partial charge in [-0.3, -0.25) is 4.99 Å². The number of thioether (sulfide) groups is 1. The van der Waals surface area contributed by atoms with E-state index in [1.165, 1.54) is 49.4 Å². The summed E-state index contributed by atoms with van der Waals surface area (Å²) in [5.41, 5.74) is 0. The first-order chi connectivity index (χ1) is 8.66. The molecule has 0 saturated heterocycles.